The summed E-state index contributed by atoms with van der Waals surface area (Å²) in [5.41, 5.74) is 6.45. The van der Waals surface area contributed by atoms with Crippen molar-refractivity contribution in [3.63, 3.8) is 0 Å². The standard InChI is InChI=1S/C15H25BrN2S2/c1-4-11(17)14(12-5-6-13(16)20-12)18-8-7-15(2,3)19-10-9-18/h5-6,11,14H,4,7-10,17H2,1-3H3. The van der Waals surface area contributed by atoms with Crippen molar-refractivity contribution in [2.75, 3.05) is 18.8 Å². The van der Waals surface area contributed by atoms with Gasteiger partial charge >= 0.3 is 0 Å². The van der Waals surface area contributed by atoms with E-state index in [0.717, 1.165) is 19.5 Å². The van der Waals surface area contributed by atoms with Gasteiger partial charge in [-0.05, 0) is 40.9 Å². The second-order valence-corrected chi connectivity index (χ2v) is 10.3. The highest BCUT2D eigenvalue weighted by molar-refractivity contribution is 9.11. The Morgan fingerprint density at radius 1 is 1.40 bits per heavy atom. The maximum Gasteiger partial charge on any atom is 0.0702 e. The summed E-state index contributed by atoms with van der Waals surface area (Å²) in [6, 6.07) is 4.96. The number of hydrogen-bond acceptors (Lipinski definition) is 4. The smallest absolute Gasteiger partial charge is 0.0702 e. The Hall–Kier alpha value is 0.450. The molecule has 2 rings (SSSR count). The van der Waals surface area contributed by atoms with E-state index < -0.39 is 0 Å². The summed E-state index contributed by atoms with van der Waals surface area (Å²) in [4.78, 5) is 4.00. The Kier molecular flexibility index (Phi) is 6.00. The highest BCUT2D eigenvalue weighted by atomic mass is 79.9. The van der Waals surface area contributed by atoms with Gasteiger partial charge in [-0.3, -0.25) is 4.90 Å². The first-order valence-electron chi connectivity index (χ1n) is 7.32. The molecule has 0 saturated carbocycles. The third-order valence-corrected chi connectivity index (χ3v) is 7.09. The zero-order valence-corrected chi connectivity index (χ0v) is 15.8. The largest absolute Gasteiger partial charge is 0.326 e. The van der Waals surface area contributed by atoms with Crippen LogP contribution in [0.25, 0.3) is 0 Å². The SMILES string of the molecule is CCC(N)C(c1ccc(Br)s1)N1CCSC(C)(C)CC1. The lowest BCUT2D eigenvalue weighted by Crippen LogP contribution is -2.41. The lowest BCUT2D eigenvalue weighted by Gasteiger charge is -2.34. The number of nitrogens with two attached hydrogens (primary N) is 1. The minimum Gasteiger partial charge on any atom is -0.326 e. The molecule has 0 aliphatic carbocycles. The fourth-order valence-corrected chi connectivity index (χ4v) is 5.44. The van der Waals surface area contributed by atoms with Gasteiger partial charge in [-0.15, -0.1) is 11.3 Å². The zero-order chi connectivity index (χ0) is 14.8. The zero-order valence-electron chi connectivity index (χ0n) is 12.6. The van der Waals surface area contributed by atoms with Crippen molar-refractivity contribution in [3.05, 3.63) is 20.8 Å². The second kappa shape index (κ2) is 7.14. The highest BCUT2D eigenvalue weighted by Gasteiger charge is 2.31. The van der Waals surface area contributed by atoms with E-state index >= 15 is 0 Å². The highest BCUT2D eigenvalue weighted by Crippen LogP contribution is 2.37. The molecule has 1 fully saturated rings. The minimum absolute atomic E-state index is 0.215. The van der Waals surface area contributed by atoms with E-state index in [1.54, 1.807) is 0 Å². The summed E-state index contributed by atoms with van der Waals surface area (Å²) in [7, 11) is 0. The average molecular weight is 377 g/mol. The van der Waals surface area contributed by atoms with E-state index in [1.807, 2.05) is 11.3 Å². The van der Waals surface area contributed by atoms with E-state index in [1.165, 1.54) is 20.8 Å². The van der Waals surface area contributed by atoms with Crippen LogP contribution in [-0.2, 0) is 0 Å². The molecule has 0 spiro atoms. The topological polar surface area (TPSA) is 29.3 Å². The molecule has 2 N–H and O–H groups in total. The van der Waals surface area contributed by atoms with Gasteiger partial charge in [-0.2, -0.15) is 11.8 Å². The first kappa shape index (κ1) is 16.8. The van der Waals surface area contributed by atoms with Gasteiger partial charge in [0.05, 0.1) is 9.83 Å². The van der Waals surface area contributed by atoms with Crippen LogP contribution in [0.2, 0.25) is 0 Å². The van der Waals surface area contributed by atoms with Crippen LogP contribution in [-0.4, -0.2) is 34.5 Å². The molecule has 2 atom stereocenters. The lowest BCUT2D eigenvalue weighted by atomic mass is 10.0. The van der Waals surface area contributed by atoms with Crippen LogP contribution in [0.3, 0.4) is 0 Å². The van der Waals surface area contributed by atoms with Gasteiger partial charge < -0.3 is 5.73 Å². The molecule has 1 saturated heterocycles. The molecule has 1 aromatic rings. The Morgan fingerprint density at radius 2 is 2.15 bits per heavy atom. The molecular formula is C15H25BrN2S2. The molecule has 1 aromatic heterocycles. The van der Waals surface area contributed by atoms with E-state index in [2.05, 4.69) is 65.5 Å². The molecule has 1 aliphatic heterocycles. The van der Waals surface area contributed by atoms with E-state index in [-0.39, 0.29) is 6.04 Å². The Morgan fingerprint density at radius 3 is 2.75 bits per heavy atom. The molecule has 0 bridgehead atoms. The van der Waals surface area contributed by atoms with Gasteiger partial charge in [-0.25, -0.2) is 0 Å². The first-order chi connectivity index (χ1) is 9.43. The van der Waals surface area contributed by atoms with E-state index in [0.29, 0.717) is 10.8 Å². The Balaban J connectivity index is 2.18. The van der Waals surface area contributed by atoms with Crippen LogP contribution >= 0.6 is 39.0 Å². The summed E-state index contributed by atoms with van der Waals surface area (Å²) >= 11 is 7.51. The number of thioether (sulfide) groups is 1. The molecule has 2 unspecified atom stereocenters. The predicted molar refractivity (Wildman–Crippen MR) is 95.8 cm³/mol. The number of nitrogens with zero attached hydrogens (tertiary/aromatic N) is 1. The number of rotatable bonds is 4. The molecule has 2 heterocycles. The first-order valence-corrected chi connectivity index (χ1v) is 9.91. The van der Waals surface area contributed by atoms with Crippen LogP contribution < -0.4 is 5.73 Å². The normalized spacial score (nSPS) is 23.2. The molecule has 5 heteroatoms. The lowest BCUT2D eigenvalue weighted by molar-refractivity contribution is 0.180. The van der Waals surface area contributed by atoms with Crippen molar-refractivity contribution < 1.29 is 0 Å². The van der Waals surface area contributed by atoms with Crippen LogP contribution in [0.15, 0.2) is 15.9 Å². The molecule has 0 radical (unpaired) electrons. The summed E-state index contributed by atoms with van der Waals surface area (Å²) in [5, 5.41) is 0. The van der Waals surface area contributed by atoms with E-state index in [4.69, 9.17) is 5.73 Å². The molecule has 114 valence electrons. The Labute approximate surface area is 139 Å². The minimum atomic E-state index is 0.215. The third kappa shape index (κ3) is 4.23. The number of thiophene rings is 1. The third-order valence-electron chi connectivity index (χ3n) is 4.03. The van der Waals surface area contributed by atoms with Crippen LogP contribution in [0, 0.1) is 0 Å². The Bertz CT molecular complexity index is 433. The van der Waals surface area contributed by atoms with Gasteiger partial charge in [-0.1, -0.05) is 20.8 Å². The van der Waals surface area contributed by atoms with Gasteiger partial charge in [0.2, 0.25) is 0 Å². The molecule has 2 nitrogen and oxygen atoms in total. The summed E-state index contributed by atoms with van der Waals surface area (Å²) < 4.78 is 1.59. The van der Waals surface area contributed by atoms with Crippen LogP contribution in [0.5, 0.6) is 0 Å². The molecule has 1 aliphatic rings. The van der Waals surface area contributed by atoms with Crippen molar-refractivity contribution in [1.82, 2.24) is 4.90 Å². The quantitative estimate of drug-likeness (QED) is 0.837. The number of hydrogen-bond donors (Lipinski definition) is 1. The molecule has 0 aromatic carbocycles. The summed E-state index contributed by atoms with van der Waals surface area (Å²) in [5.74, 6) is 1.20. The predicted octanol–water partition coefficient (Wildman–Crippen LogP) is 4.51. The van der Waals surface area contributed by atoms with Gasteiger partial charge in [0.15, 0.2) is 0 Å². The van der Waals surface area contributed by atoms with Crippen LogP contribution in [0.1, 0.15) is 44.5 Å². The molecular weight excluding hydrogens is 352 g/mol. The van der Waals surface area contributed by atoms with Crippen molar-refractivity contribution in [3.8, 4) is 0 Å². The second-order valence-electron chi connectivity index (χ2n) is 6.05. The average Bonchev–Trinajstić information content (AvgIpc) is 2.73. The summed E-state index contributed by atoms with van der Waals surface area (Å²) in [6.45, 7) is 9.20. The maximum atomic E-state index is 6.45. The number of halogens is 1. The summed E-state index contributed by atoms with van der Waals surface area (Å²) in [6.07, 6.45) is 2.25. The monoisotopic (exact) mass is 376 g/mol. The van der Waals surface area contributed by atoms with E-state index in [9.17, 15) is 0 Å². The fourth-order valence-electron chi connectivity index (χ4n) is 2.69. The molecule has 20 heavy (non-hydrogen) atoms. The van der Waals surface area contributed by atoms with Gasteiger partial charge in [0.25, 0.3) is 0 Å². The van der Waals surface area contributed by atoms with Crippen molar-refractivity contribution in [2.45, 2.75) is 50.4 Å². The maximum absolute atomic E-state index is 6.45. The fraction of sp³-hybridized carbons (Fsp3) is 0.733. The van der Waals surface area contributed by atoms with Crippen molar-refractivity contribution >= 4 is 39.0 Å². The van der Waals surface area contributed by atoms with Crippen LogP contribution in [0.4, 0.5) is 0 Å². The molecule has 0 amide bonds. The van der Waals surface area contributed by atoms with Crippen molar-refractivity contribution in [2.24, 2.45) is 5.73 Å². The van der Waals surface area contributed by atoms with Gasteiger partial charge in [0, 0.05) is 34.5 Å². The van der Waals surface area contributed by atoms with Gasteiger partial charge in [0.1, 0.15) is 0 Å². The van der Waals surface area contributed by atoms with Crippen molar-refractivity contribution in [1.29, 1.82) is 0 Å².